The van der Waals surface area contributed by atoms with E-state index in [0.717, 1.165) is 25.5 Å². The van der Waals surface area contributed by atoms with Crippen LogP contribution in [-0.4, -0.2) is 34.0 Å². The first-order valence-corrected chi connectivity index (χ1v) is 7.67. The number of furan rings is 1. The second-order valence-electron chi connectivity index (χ2n) is 6.22. The minimum absolute atomic E-state index is 0.00249. The highest BCUT2D eigenvalue weighted by Gasteiger charge is 2.40. The number of hydrogen-bond acceptors (Lipinski definition) is 3. The summed E-state index contributed by atoms with van der Waals surface area (Å²) >= 11 is 0. The van der Waals surface area contributed by atoms with E-state index in [-0.39, 0.29) is 22.8 Å². The van der Waals surface area contributed by atoms with Gasteiger partial charge in [0.1, 0.15) is 6.26 Å². The minimum atomic E-state index is -1.10. The average Bonchev–Trinajstić information content (AvgIpc) is 3.15. The van der Waals surface area contributed by atoms with Crippen molar-refractivity contribution in [3.63, 3.8) is 0 Å². The predicted molar refractivity (Wildman–Crippen MR) is 84.5 cm³/mol. The quantitative estimate of drug-likeness (QED) is 0.941. The summed E-state index contributed by atoms with van der Waals surface area (Å²) in [4.78, 5) is 25.5. The fourth-order valence-corrected chi connectivity index (χ4v) is 3.28. The molecular formula is C18H19NO4. The van der Waals surface area contributed by atoms with Crippen molar-refractivity contribution in [3.05, 3.63) is 59.5 Å². The Morgan fingerprint density at radius 1 is 1.30 bits per heavy atom. The summed E-state index contributed by atoms with van der Waals surface area (Å²) in [6, 6.07) is 11.4. The van der Waals surface area contributed by atoms with Gasteiger partial charge in [0.05, 0.1) is 5.56 Å². The third-order valence-corrected chi connectivity index (χ3v) is 4.48. The summed E-state index contributed by atoms with van der Waals surface area (Å²) in [5, 5.41) is 8.96. The zero-order valence-electron chi connectivity index (χ0n) is 13.0. The van der Waals surface area contributed by atoms with Crippen molar-refractivity contribution in [2.24, 2.45) is 0 Å². The highest BCUT2D eigenvalue weighted by Crippen LogP contribution is 2.33. The molecule has 120 valence electrons. The Bertz CT molecular complexity index is 722. The number of carboxylic acids is 1. The first kappa shape index (κ1) is 15.3. The molecule has 1 aliphatic heterocycles. The van der Waals surface area contributed by atoms with Crippen LogP contribution in [0.2, 0.25) is 0 Å². The molecule has 0 radical (unpaired) electrons. The molecule has 1 N–H and O–H groups in total. The molecule has 3 rings (SSSR count). The Labute approximate surface area is 134 Å². The molecule has 0 aliphatic carbocycles. The van der Waals surface area contributed by atoms with Crippen LogP contribution in [0.25, 0.3) is 0 Å². The zero-order chi connectivity index (χ0) is 16.4. The third-order valence-electron chi connectivity index (χ3n) is 4.48. The number of carboxylic acid groups (broad SMARTS) is 1. The number of likely N-dealkylation sites (tertiary alicyclic amines) is 1. The molecule has 2 aromatic rings. The number of rotatable bonds is 4. The number of carbonyl (C=O) groups is 2. The lowest BCUT2D eigenvalue weighted by Crippen LogP contribution is -2.46. The van der Waals surface area contributed by atoms with E-state index in [0.29, 0.717) is 6.54 Å². The van der Waals surface area contributed by atoms with Gasteiger partial charge in [0.15, 0.2) is 5.76 Å². The molecule has 0 bridgehead atoms. The van der Waals surface area contributed by atoms with Crippen molar-refractivity contribution in [2.45, 2.75) is 31.7 Å². The largest absolute Gasteiger partial charge is 0.478 e. The number of benzene rings is 1. The van der Waals surface area contributed by atoms with Gasteiger partial charge in [0, 0.05) is 18.2 Å². The molecule has 0 saturated carbocycles. The van der Waals surface area contributed by atoms with E-state index in [1.54, 1.807) is 0 Å². The smallest absolute Gasteiger partial charge is 0.338 e. The molecule has 1 atom stereocenters. The zero-order valence-corrected chi connectivity index (χ0v) is 13.0. The van der Waals surface area contributed by atoms with E-state index in [2.05, 4.69) is 19.1 Å². The van der Waals surface area contributed by atoms with E-state index in [1.807, 2.05) is 23.1 Å². The molecule has 1 amide bonds. The second kappa shape index (κ2) is 5.91. The van der Waals surface area contributed by atoms with E-state index in [4.69, 9.17) is 9.52 Å². The first-order chi connectivity index (χ1) is 11.0. The molecule has 1 unspecified atom stereocenters. The fraction of sp³-hybridized carbons (Fsp3) is 0.333. The number of nitrogens with zero attached hydrogens (tertiary/aromatic N) is 1. The summed E-state index contributed by atoms with van der Waals surface area (Å²) in [5.41, 5.74) is 0.895. The fourth-order valence-electron chi connectivity index (χ4n) is 3.28. The van der Waals surface area contributed by atoms with Gasteiger partial charge in [0.2, 0.25) is 0 Å². The van der Waals surface area contributed by atoms with Crippen LogP contribution >= 0.6 is 0 Å². The van der Waals surface area contributed by atoms with Gasteiger partial charge in [0.25, 0.3) is 5.91 Å². The molecule has 0 spiro atoms. The molecule has 1 fully saturated rings. The topological polar surface area (TPSA) is 70.8 Å². The van der Waals surface area contributed by atoms with Crippen molar-refractivity contribution in [1.82, 2.24) is 4.90 Å². The molecule has 1 aliphatic rings. The van der Waals surface area contributed by atoms with Crippen LogP contribution < -0.4 is 0 Å². The van der Waals surface area contributed by atoms with Gasteiger partial charge in [-0.3, -0.25) is 4.79 Å². The van der Waals surface area contributed by atoms with E-state index >= 15 is 0 Å². The minimum Gasteiger partial charge on any atom is -0.478 e. The van der Waals surface area contributed by atoms with E-state index in [1.165, 1.54) is 11.6 Å². The van der Waals surface area contributed by atoms with Crippen molar-refractivity contribution >= 4 is 11.9 Å². The summed E-state index contributed by atoms with van der Waals surface area (Å²) in [7, 11) is 0. The standard InChI is InChI=1S/C18H19NO4/c1-18(11-13-6-3-2-4-7-13)8-5-9-19(18)16(20)15-10-14(12-23-15)17(21)22/h2-4,6-7,10,12H,5,8-9,11H2,1H3,(H,21,22). The maximum absolute atomic E-state index is 12.7. The third kappa shape index (κ3) is 2.99. The normalized spacial score (nSPS) is 20.7. The Morgan fingerprint density at radius 3 is 2.70 bits per heavy atom. The number of hydrogen-bond donors (Lipinski definition) is 1. The molecule has 5 heteroatoms. The summed E-state index contributed by atoms with van der Waals surface area (Å²) < 4.78 is 5.17. The number of amides is 1. The SMILES string of the molecule is CC1(Cc2ccccc2)CCCN1C(=O)c1cc(C(=O)O)co1. The lowest BCUT2D eigenvalue weighted by atomic mass is 9.90. The number of carbonyl (C=O) groups excluding carboxylic acids is 1. The van der Waals surface area contributed by atoms with Crippen LogP contribution in [0.3, 0.4) is 0 Å². The Hall–Kier alpha value is -2.56. The lowest BCUT2D eigenvalue weighted by Gasteiger charge is -2.35. The van der Waals surface area contributed by atoms with Crippen molar-refractivity contribution in [2.75, 3.05) is 6.54 Å². The van der Waals surface area contributed by atoms with Gasteiger partial charge in [-0.05, 0) is 31.7 Å². The van der Waals surface area contributed by atoms with Gasteiger partial charge in [-0.2, -0.15) is 0 Å². The van der Waals surface area contributed by atoms with Gasteiger partial charge in [-0.1, -0.05) is 30.3 Å². The molecular weight excluding hydrogens is 294 g/mol. The molecule has 1 saturated heterocycles. The predicted octanol–water partition coefficient (Wildman–Crippen LogP) is 3.22. The van der Waals surface area contributed by atoms with Crippen LogP contribution in [0.5, 0.6) is 0 Å². The van der Waals surface area contributed by atoms with Crippen molar-refractivity contribution < 1.29 is 19.1 Å². The Kier molecular flexibility index (Phi) is 3.94. The first-order valence-electron chi connectivity index (χ1n) is 7.67. The maximum Gasteiger partial charge on any atom is 0.338 e. The van der Waals surface area contributed by atoms with Crippen LogP contribution in [0.1, 0.15) is 46.2 Å². The summed E-state index contributed by atoms with van der Waals surface area (Å²) in [6.07, 6.45) is 3.73. The molecule has 1 aromatic carbocycles. The van der Waals surface area contributed by atoms with E-state index < -0.39 is 5.97 Å². The molecule has 2 heterocycles. The summed E-state index contributed by atoms with van der Waals surface area (Å²) in [6.45, 7) is 2.73. The van der Waals surface area contributed by atoms with Crippen LogP contribution in [0, 0.1) is 0 Å². The van der Waals surface area contributed by atoms with Gasteiger partial charge < -0.3 is 14.4 Å². The maximum atomic E-state index is 12.7. The highest BCUT2D eigenvalue weighted by molar-refractivity contribution is 5.96. The Morgan fingerprint density at radius 2 is 2.04 bits per heavy atom. The van der Waals surface area contributed by atoms with Crippen molar-refractivity contribution in [1.29, 1.82) is 0 Å². The molecule has 1 aromatic heterocycles. The Balaban J connectivity index is 1.82. The van der Waals surface area contributed by atoms with Crippen LogP contribution in [-0.2, 0) is 6.42 Å². The van der Waals surface area contributed by atoms with Crippen molar-refractivity contribution in [3.8, 4) is 0 Å². The van der Waals surface area contributed by atoms with Gasteiger partial charge in [-0.25, -0.2) is 4.79 Å². The summed E-state index contributed by atoms with van der Waals surface area (Å²) in [5.74, 6) is -1.25. The molecule has 23 heavy (non-hydrogen) atoms. The molecule has 5 nitrogen and oxygen atoms in total. The van der Waals surface area contributed by atoms with Gasteiger partial charge in [-0.15, -0.1) is 0 Å². The highest BCUT2D eigenvalue weighted by atomic mass is 16.4. The average molecular weight is 313 g/mol. The monoisotopic (exact) mass is 313 g/mol. The van der Waals surface area contributed by atoms with Gasteiger partial charge >= 0.3 is 5.97 Å². The lowest BCUT2D eigenvalue weighted by molar-refractivity contribution is 0.0591. The van der Waals surface area contributed by atoms with Crippen LogP contribution in [0.4, 0.5) is 0 Å². The van der Waals surface area contributed by atoms with E-state index in [9.17, 15) is 9.59 Å². The van der Waals surface area contributed by atoms with Crippen LogP contribution in [0.15, 0.2) is 47.1 Å². The number of aromatic carboxylic acids is 1. The second-order valence-corrected chi connectivity index (χ2v) is 6.22.